The van der Waals surface area contributed by atoms with Crippen molar-refractivity contribution >= 4 is 5.97 Å². The largest absolute Gasteiger partial charge is 0.462 e. The minimum atomic E-state index is -0.302. The zero-order valence-corrected chi connectivity index (χ0v) is 9.37. The maximum atomic E-state index is 11.6. The molecule has 0 N–H and O–H groups in total. The van der Waals surface area contributed by atoms with Crippen molar-refractivity contribution in [1.82, 2.24) is 4.98 Å². The molecule has 0 bridgehead atoms. The summed E-state index contributed by atoms with van der Waals surface area (Å²) in [5, 5.41) is 0. The van der Waals surface area contributed by atoms with Crippen molar-refractivity contribution in [3.8, 4) is 0 Å². The van der Waals surface area contributed by atoms with E-state index in [4.69, 9.17) is 4.74 Å². The fourth-order valence-electron chi connectivity index (χ4n) is 1.48. The van der Waals surface area contributed by atoms with Crippen molar-refractivity contribution in [2.45, 2.75) is 6.42 Å². The van der Waals surface area contributed by atoms with Gasteiger partial charge in [-0.2, -0.15) is 0 Å². The second-order valence-corrected chi connectivity index (χ2v) is 3.61. The van der Waals surface area contributed by atoms with Crippen LogP contribution in [-0.2, 0) is 11.2 Å². The molecule has 1 aromatic heterocycles. The van der Waals surface area contributed by atoms with Crippen LogP contribution in [0.2, 0.25) is 0 Å². The lowest BCUT2D eigenvalue weighted by Crippen LogP contribution is -2.08. The standard InChI is InChI=1S/C14H13NO2/c16-14(13-6-9-15-10-7-13)17-11-8-12-4-2-1-3-5-12/h1-7,9-10H,8,11H2. The quantitative estimate of drug-likeness (QED) is 0.753. The Bertz CT molecular complexity index is 468. The van der Waals surface area contributed by atoms with E-state index in [1.165, 1.54) is 0 Å². The number of esters is 1. The summed E-state index contributed by atoms with van der Waals surface area (Å²) in [4.78, 5) is 15.4. The van der Waals surface area contributed by atoms with Crippen LogP contribution in [0, 0.1) is 0 Å². The molecule has 3 heteroatoms. The summed E-state index contributed by atoms with van der Waals surface area (Å²) in [6, 6.07) is 13.2. The van der Waals surface area contributed by atoms with Crippen LogP contribution in [0.1, 0.15) is 15.9 Å². The van der Waals surface area contributed by atoms with Crippen LogP contribution in [0.4, 0.5) is 0 Å². The van der Waals surface area contributed by atoms with Gasteiger partial charge < -0.3 is 4.74 Å². The number of pyridine rings is 1. The number of hydrogen-bond acceptors (Lipinski definition) is 3. The van der Waals surface area contributed by atoms with Crippen molar-refractivity contribution in [3.05, 3.63) is 66.0 Å². The van der Waals surface area contributed by atoms with Gasteiger partial charge >= 0.3 is 5.97 Å². The SMILES string of the molecule is O=C(OCCc1ccccc1)c1ccncc1. The molecule has 2 aromatic rings. The molecule has 0 radical (unpaired) electrons. The van der Waals surface area contributed by atoms with E-state index >= 15 is 0 Å². The molecule has 3 nitrogen and oxygen atoms in total. The van der Waals surface area contributed by atoms with Gasteiger partial charge in [0.25, 0.3) is 0 Å². The Labute approximate surface area is 100 Å². The Morgan fingerprint density at radius 1 is 1.06 bits per heavy atom. The van der Waals surface area contributed by atoms with Gasteiger partial charge in [-0.1, -0.05) is 30.3 Å². The van der Waals surface area contributed by atoms with Gasteiger partial charge in [-0.05, 0) is 17.7 Å². The van der Waals surface area contributed by atoms with Crippen molar-refractivity contribution in [2.24, 2.45) is 0 Å². The Morgan fingerprint density at radius 2 is 1.76 bits per heavy atom. The lowest BCUT2D eigenvalue weighted by molar-refractivity contribution is 0.0509. The molecule has 86 valence electrons. The van der Waals surface area contributed by atoms with Gasteiger partial charge in [0.05, 0.1) is 12.2 Å². The summed E-state index contributed by atoms with van der Waals surface area (Å²) in [7, 11) is 0. The van der Waals surface area contributed by atoms with E-state index in [1.54, 1.807) is 24.5 Å². The number of hydrogen-bond donors (Lipinski definition) is 0. The molecule has 1 heterocycles. The maximum absolute atomic E-state index is 11.6. The van der Waals surface area contributed by atoms with Crippen LogP contribution in [-0.4, -0.2) is 17.6 Å². The number of nitrogens with zero attached hydrogens (tertiary/aromatic N) is 1. The van der Waals surface area contributed by atoms with Gasteiger partial charge in [-0.3, -0.25) is 4.98 Å². The van der Waals surface area contributed by atoms with Gasteiger partial charge in [0.1, 0.15) is 0 Å². The molecule has 1 aromatic carbocycles. The highest BCUT2D eigenvalue weighted by atomic mass is 16.5. The molecule has 0 saturated carbocycles. The second kappa shape index (κ2) is 5.80. The van der Waals surface area contributed by atoms with Crippen molar-refractivity contribution < 1.29 is 9.53 Å². The van der Waals surface area contributed by atoms with Crippen LogP contribution >= 0.6 is 0 Å². The minimum absolute atomic E-state index is 0.302. The van der Waals surface area contributed by atoms with Crippen LogP contribution in [0.3, 0.4) is 0 Å². The fourth-order valence-corrected chi connectivity index (χ4v) is 1.48. The Balaban J connectivity index is 1.82. The van der Waals surface area contributed by atoms with E-state index in [-0.39, 0.29) is 5.97 Å². The molecule has 2 rings (SSSR count). The average molecular weight is 227 g/mol. The Kier molecular flexibility index (Phi) is 3.86. The molecule has 0 amide bonds. The average Bonchev–Trinajstić information content (AvgIpc) is 2.41. The van der Waals surface area contributed by atoms with Crippen molar-refractivity contribution in [2.75, 3.05) is 6.61 Å². The first-order valence-corrected chi connectivity index (χ1v) is 5.47. The summed E-state index contributed by atoms with van der Waals surface area (Å²) in [6.45, 7) is 0.394. The normalized spacial score (nSPS) is 9.88. The number of carbonyl (C=O) groups is 1. The van der Waals surface area contributed by atoms with Gasteiger partial charge in [-0.25, -0.2) is 4.79 Å². The smallest absolute Gasteiger partial charge is 0.338 e. The molecule has 0 saturated heterocycles. The van der Waals surface area contributed by atoms with Gasteiger partial charge in [-0.15, -0.1) is 0 Å². The molecule has 0 unspecified atom stereocenters. The van der Waals surface area contributed by atoms with E-state index in [1.807, 2.05) is 30.3 Å². The number of rotatable bonds is 4. The van der Waals surface area contributed by atoms with E-state index < -0.39 is 0 Å². The molecule has 0 fully saturated rings. The van der Waals surface area contributed by atoms with E-state index in [0.717, 1.165) is 12.0 Å². The monoisotopic (exact) mass is 227 g/mol. The van der Waals surface area contributed by atoms with E-state index in [2.05, 4.69) is 4.98 Å². The lowest BCUT2D eigenvalue weighted by Gasteiger charge is -2.04. The predicted molar refractivity (Wildman–Crippen MR) is 64.7 cm³/mol. The molecule has 0 atom stereocenters. The highest BCUT2D eigenvalue weighted by molar-refractivity contribution is 5.89. The summed E-state index contributed by atoms with van der Waals surface area (Å²) >= 11 is 0. The highest BCUT2D eigenvalue weighted by Crippen LogP contribution is 2.02. The van der Waals surface area contributed by atoms with Crippen molar-refractivity contribution in [3.63, 3.8) is 0 Å². The molecule has 0 aliphatic rings. The third kappa shape index (κ3) is 3.41. The third-order valence-corrected chi connectivity index (χ3v) is 2.38. The van der Waals surface area contributed by atoms with Gasteiger partial charge in [0, 0.05) is 18.8 Å². The first-order chi connectivity index (χ1) is 8.36. The minimum Gasteiger partial charge on any atom is -0.462 e. The number of benzene rings is 1. The van der Waals surface area contributed by atoms with Crippen LogP contribution < -0.4 is 0 Å². The predicted octanol–water partition coefficient (Wildman–Crippen LogP) is 2.48. The number of aromatic nitrogens is 1. The molecule has 17 heavy (non-hydrogen) atoms. The summed E-state index contributed by atoms with van der Waals surface area (Å²) in [5.74, 6) is -0.302. The van der Waals surface area contributed by atoms with E-state index in [0.29, 0.717) is 12.2 Å². The highest BCUT2D eigenvalue weighted by Gasteiger charge is 2.05. The zero-order valence-electron chi connectivity index (χ0n) is 9.37. The van der Waals surface area contributed by atoms with Crippen molar-refractivity contribution in [1.29, 1.82) is 0 Å². The fraction of sp³-hybridized carbons (Fsp3) is 0.143. The van der Waals surface area contributed by atoms with Crippen LogP contribution in [0.25, 0.3) is 0 Å². The first kappa shape index (κ1) is 11.3. The molecule has 0 spiro atoms. The molecule has 0 aliphatic carbocycles. The summed E-state index contributed by atoms with van der Waals surface area (Å²) < 4.78 is 5.17. The second-order valence-electron chi connectivity index (χ2n) is 3.61. The number of carbonyl (C=O) groups excluding carboxylic acids is 1. The van der Waals surface area contributed by atoms with E-state index in [9.17, 15) is 4.79 Å². The number of ether oxygens (including phenoxy) is 1. The third-order valence-electron chi connectivity index (χ3n) is 2.38. The summed E-state index contributed by atoms with van der Waals surface area (Å²) in [6.07, 6.45) is 3.89. The van der Waals surface area contributed by atoms with Gasteiger partial charge in [0.15, 0.2) is 0 Å². The Morgan fingerprint density at radius 3 is 2.47 bits per heavy atom. The zero-order chi connectivity index (χ0) is 11.9. The summed E-state index contributed by atoms with van der Waals surface area (Å²) in [5.41, 5.74) is 1.70. The first-order valence-electron chi connectivity index (χ1n) is 5.47. The lowest BCUT2D eigenvalue weighted by atomic mass is 10.2. The Hall–Kier alpha value is -2.16. The maximum Gasteiger partial charge on any atom is 0.338 e. The van der Waals surface area contributed by atoms with Gasteiger partial charge in [0.2, 0.25) is 0 Å². The molecular formula is C14H13NO2. The van der Waals surface area contributed by atoms with Crippen LogP contribution in [0.5, 0.6) is 0 Å². The molecular weight excluding hydrogens is 214 g/mol. The topological polar surface area (TPSA) is 39.2 Å². The molecule has 0 aliphatic heterocycles. The van der Waals surface area contributed by atoms with Crippen LogP contribution in [0.15, 0.2) is 54.9 Å².